The van der Waals surface area contributed by atoms with E-state index in [4.69, 9.17) is 14.9 Å². The highest BCUT2D eigenvalue weighted by Crippen LogP contribution is 2.60. The number of carboxylic acid groups (broad SMARTS) is 1. The number of hydrogen-bond donors (Lipinski definition) is 3. The van der Waals surface area contributed by atoms with E-state index in [2.05, 4.69) is 17.9 Å². The average molecular weight is 597 g/mol. The van der Waals surface area contributed by atoms with E-state index in [1.165, 1.54) is 54.5 Å². The molecular weight excluding hydrogens is 560 g/mol. The summed E-state index contributed by atoms with van der Waals surface area (Å²) < 4.78 is 7.01. The quantitative estimate of drug-likeness (QED) is 0.210. The number of aliphatic hydroxyl groups is 1. The number of rotatable bonds is 5. The highest BCUT2D eigenvalue weighted by Gasteiger charge is 2.60. The normalized spacial score (nSPS) is 23.7. The van der Waals surface area contributed by atoms with Crippen LogP contribution in [0, 0.1) is 5.41 Å². The molecule has 7 rings (SSSR count). The Bertz CT molecular complexity index is 1760. The zero-order chi connectivity index (χ0) is 31.2. The zero-order valence-electron chi connectivity index (χ0n) is 24.8. The first kappa shape index (κ1) is 29.6. The largest absolute Gasteiger partial charge is 0.508 e. The minimum absolute atomic E-state index is 0.0319. The summed E-state index contributed by atoms with van der Waals surface area (Å²) in [5, 5.41) is 31.0. The van der Waals surface area contributed by atoms with Crippen LogP contribution in [0.25, 0.3) is 10.9 Å². The fraction of sp³-hybridized carbons (Fsp3) is 0.343. The summed E-state index contributed by atoms with van der Waals surface area (Å²) in [4.78, 5) is 38.6. The summed E-state index contributed by atoms with van der Waals surface area (Å²) >= 11 is 0. The number of ether oxygens (including phenoxy) is 1. The highest BCUT2D eigenvalue weighted by molar-refractivity contribution is 6.14. The Balaban J connectivity index is 0.000000168. The first-order valence-electron chi connectivity index (χ1n) is 15.0. The van der Waals surface area contributed by atoms with Crippen molar-refractivity contribution in [2.24, 2.45) is 5.41 Å². The SMILES string of the molecule is CC[C@]12CCCN3CCc4c(n(c5ccccc45)[C@@](O)(C(=O)OC)C1)[C@@H]32.O=C(O)c1ccccc1C(=O)c1ccc(O)cc1. The molecule has 0 bridgehead atoms. The van der Waals surface area contributed by atoms with E-state index in [1.807, 2.05) is 22.8 Å². The molecule has 9 heteroatoms. The van der Waals surface area contributed by atoms with Gasteiger partial charge < -0.3 is 24.6 Å². The molecule has 4 aromatic rings. The molecule has 3 aromatic carbocycles. The predicted octanol–water partition coefficient (Wildman–Crippen LogP) is 5.27. The number of methoxy groups -OCH3 is 1. The number of phenols is 1. The summed E-state index contributed by atoms with van der Waals surface area (Å²) in [5.74, 6) is -2.01. The van der Waals surface area contributed by atoms with Crippen molar-refractivity contribution >= 4 is 28.6 Å². The molecule has 3 aliphatic rings. The van der Waals surface area contributed by atoms with E-state index in [1.54, 1.807) is 12.1 Å². The van der Waals surface area contributed by atoms with Crippen molar-refractivity contribution in [3.63, 3.8) is 0 Å². The summed E-state index contributed by atoms with van der Waals surface area (Å²) in [7, 11) is 1.37. The van der Waals surface area contributed by atoms with Crippen LogP contribution in [0.15, 0.2) is 72.8 Å². The van der Waals surface area contributed by atoms with E-state index in [-0.39, 0.29) is 34.1 Å². The number of aromatic nitrogens is 1. The van der Waals surface area contributed by atoms with Gasteiger partial charge in [-0.3, -0.25) is 9.69 Å². The predicted molar refractivity (Wildman–Crippen MR) is 164 cm³/mol. The van der Waals surface area contributed by atoms with Crippen molar-refractivity contribution in [3.05, 3.63) is 101 Å². The number of aromatic carboxylic acids is 1. The number of nitrogens with zero attached hydrogens (tertiary/aromatic N) is 2. The zero-order valence-corrected chi connectivity index (χ0v) is 24.8. The number of carbonyl (C=O) groups excluding carboxylic acids is 2. The second-order valence-corrected chi connectivity index (χ2v) is 11.9. The summed E-state index contributed by atoms with van der Waals surface area (Å²) in [5.41, 5.74) is 2.13. The number of carbonyl (C=O) groups is 3. The molecule has 1 aromatic heterocycles. The summed E-state index contributed by atoms with van der Waals surface area (Å²) in [6.45, 7) is 4.36. The molecule has 0 aliphatic carbocycles. The Morgan fingerprint density at radius 3 is 2.32 bits per heavy atom. The van der Waals surface area contributed by atoms with Crippen LogP contribution < -0.4 is 0 Å². The van der Waals surface area contributed by atoms with Crippen molar-refractivity contribution < 1.29 is 34.4 Å². The van der Waals surface area contributed by atoms with Crippen molar-refractivity contribution in [1.82, 2.24) is 9.47 Å². The molecule has 3 atom stereocenters. The number of benzene rings is 3. The van der Waals surface area contributed by atoms with Crippen LogP contribution in [0.1, 0.15) is 76.2 Å². The Kier molecular flexibility index (Phi) is 7.55. The number of piperidine rings is 1. The number of hydrogen-bond acceptors (Lipinski definition) is 7. The van der Waals surface area contributed by atoms with Gasteiger partial charge in [-0.05, 0) is 79.6 Å². The van der Waals surface area contributed by atoms with Gasteiger partial charge >= 0.3 is 11.9 Å². The lowest BCUT2D eigenvalue weighted by Crippen LogP contribution is -2.60. The molecule has 1 fully saturated rings. The minimum atomic E-state index is -1.63. The Labute approximate surface area is 255 Å². The van der Waals surface area contributed by atoms with Crippen LogP contribution >= 0.6 is 0 Å². The molecule has 4 heterocycles. The van der Waals surface area contributed by atoms with Crippen molar-refractivity contribution in [3.8, 4) is 5.75 Å². The van der Waals surface area contributed by atoms with Gasteiger partial charge in [-0.1, -0.05) is 43.3 Å². The molecular formula is C35H36N2O7. The summed E-state index contributed by atoms with van der Waals surface area (Å²) in [6.07, 6.45) is 4.52. The fourth-order valence-corrected chi connectivity index (χ4v) is 7.73. The van der Waals surface area contributed by atoms with Crippen LogP contribution in [0.4, 0.5) is 0 Å². The van der Waals surface area contributed by atoms with Gasteiger partial charge in [0.05, 0.1) is 24.2 Å². The van der Waals surface area contributed by atoms with Gasteiger partial charge in [0.15, 0.2) is 5.78 Å². The number of esters is 1. The smallest absolute Gasteiger partial charge is 0.359 e. The van der Waals surface area contributed by atoms with Gasteiger partial charge in [0.25, 0.3) is 0 Å². The van der Waals surface area contributed by atoms with E-state index in [0.717, 1.165) is 50.0 Å². The fourth-order valence-electron chi connectivity index (χ4n) is 7.73. The Hall–Kier alpha value is -4.47. The molecule has 3 aliphatic heterocycles. The van der Waals surface area contributed by atoms with Crippen LogP contribution in [-0.2, 0) is 21.7 Å². The second-order valence-electron chi connectivity index (χ2n) is 11.9. The molecule has 0 amide bonds. The summed E-state index contributed by atoms with van der Waals surface area (Å²) in [6, 6.07) is 20.2. The number of carboxylic acids is 1. The first-order chi connectivity index (χ1) is 21.1. The average Bonchev–Trinajstić information content (AvgIpc) is 3.40. The molecule has 3 N–H and O–H groups in total. The number of para-hydroxylation sites is 1. The van der Waals surface area contributed by atoms with Crippen molar-refractivity contribution in [2.75, 3.05) is 20.2 Å². The topological polar surface area (TPSA) is 129 Å². The first-order valence-corrected chi connectivity index (χ1v) is 15.0. The van der Waals surface area contributed by atoms with Gasteiger partial charge in [-0.25, -0.2) is 9.59 Å². The molecule has 44 heavy (non-hydrogen) atoms. The lowest BCUT2D eigenvalue weighted by Gasteiger charge is -2.57. The Morgan fingerprint density at radius 2 is 1.64 bits per heavy atom. The van der Waals surface area contributed by atoms with Gasteiger partial charge in [0, 0.05) is 35.2 Å². The number of phenolic OH excluding ortho intramolecular Hbond substituents is 1. The molecule has 0 spiro atoms. The third-order valence-corrected chi connectivity index (χ3v) is 9.71. The van der Waals surface area contributed by atoms with E-state index >= 15 is 0 Å². The number of ketones is 1. The van der Waals surface area contributed by atoms with Crippen LogP contribution in [0.5, 0.6) is 5.75 Å². The monoisotopic (exact) mass is 596 g/mol. The highest BCUT2D eigenvalue weighted by atomic mass is 16.5. The van der Waals surface area contributed by atoms with E-state index in [9.17, 15) is 19.5 Å². The van der Waals surface area contributed by atoms with E-state index < -0.39 is 17.7 Å². The maximum Gasteiger partial charge on any atom is 0.359 e. The molecule has 0 unspecified atom stereocenters. The van der Waals surface area contributed by atoms with Crippen LogP contribution in [0.2, 0.25) is 0 Å². The Morgan fingerprint density at radius 1 is 0.955 bits per heavy atom. The van der Waals surface area contributed by atoms with Gasteiger partial charge in [-0.15, -0.1) is 0 Å². The van der Waals surface area contributed by atoms with Gasteiger partial charge in [0.1, 0.15) is 5.75 Å². The van der Waals surface area contributed by atoms with Gasteiger partial charge in [-0.2, -0.15) is 0 Å². The number of fused-ring (bicyclic) bond motifs is 3. The molecule has 0 saturated carbocycles. The molecule has 228 valence electrons. The minimum Gasteiger partial charge on any atom is -0.508 e. The van der Waals surface area contributed by atoms with Crippen molar-refractivity contribution in [1.29, 1.82) is 0 Å². The third kappa shape index (κ3) is 4.58. The van der Waals surface area contributed by atoms with Crippen LogP contribution in [-0.4, -0.2) is 62.7 Å². The third-order valence-electron chi connectivity index (χ3n) is 9.71. The van der Waals surface area contributed by atoms with E-state index in [0.29, 0.717) is 12.0 Å². The lowest BCUT2D eigenvalue weighted by molar-refractivity contribution is -0.194. The standard InChI is InChI=1S/C21H26N2O3.C14H10O4/c1-3-20-10-6-11-22-12-9-15-14-7-4-5-8-16(14)23(17(15)18(20)22)21(25,13-20)19(24)26-2;15-10-7-5-9(6-8-10)13(16)11-3-1-2-4-12(11)14(17)18/h4-5,7-8,18,25H,3,6,9-13H2,1-2H3;1-8,15H,(H,17,18)/t18-,20+,21+;/m1./s1. The molecule has 9 nitrogen and oxygen atoms in total. The van der Waals surface area contributed by atoms with Crippen molar-refractivity contribution in [2.45, 2.75) is 50.8 Å². The maximum atomic E-state index is 12.8. The maximum absolute atomic E-state index is 12.8. The second kappa shape index (κ2) is 11.2. The number of aromatic hydroxyl groups is 1. The molecule has 1 saturated heterocycles. The van der Waals surface area contributed by atoms with Crippen LogP contribution in [0.3, 0.4) is 0 Å². The van der Waals surface area contributed by atoms with Gasteiger partial charge in [0.2, 0.25) is 5.72 Å². The lowest BCUT2D eigenvalue weighted by atomic mass is 9.62. The molecule has 0 radical (unpaired) electrons.